The number of aromatic carboxylic acids is 1. The fraction of sp³-hybridized carbons (Fsp3) is 0.462. The molecule has 0 fully saturated rings. The molecule has 2 aromatic heterocycles. The lowest BCUT2D eigenvalue weighted by Crippen LogP contribution is -2.24. The van der Waals surface area contributed by atoms with Crippen molar-refractivity contribution in [2.45, 2.75) is 32.9 Å². The molecule has 0 unspecified atom stereocenters. The van der Waals surface area contributed by atoms with E-state index in [1.165, 1.54) is 0 Å². The van der Waals surface area contributed by atoms with Crippen LogP contribution in [0.25, 0.3) is 11.3 Å². The summed E-state index contributed by atoms with van der Waals surface area (Å²) in [6, 6.07) is 0. The van der Waals surface area contributed by atoms with E-state index in [1.807, 2.05) is 20.9 Å². The largest absolute Gasteiger partial charge is 0.477 e. The first-order valence-electron chi connectivity index (χ1n) is 6.48. The van der Waals surface area contributed by atoms with Gasteiger partial charge in [0.15, 0.2) is 0 Å². The predicted molar refractivity (Wildman–Crippen MR) is 70.8 cm³/mol. The number of hydrogen-bond acceptors (Lipinski definition) is 4. The summed E-state index contributed by atoms with van der Waals surface area (Å²) in [6.07, 6.45) is 2.46. The van der Waals surface area contributed by atoms with E-state index >= 15 is 0 Å². The maximum Gasteiger partial charge on any atom is 0.343 e. The van der Waals surface area contributed by atoms with E-state index in [9.17, 15) is 9.90 Å². The maximum absolute atomic E-state index is 11.6. The number of aromatic nitrogens is 4. The topological polar surface area (TPSA) is 82.2 Å². The zero-order valence-electron chi connectivity index (χ0n) is 11.6. The molecule has 0 radical (unpaired) electrons. The minimum absolute atomic E-state index is 0.000135. The fourth-order valence-electron chi connectivity index (χ4n) is 2.38. The molecule has 3 heterocycles. The Morgan fingerprint density at radius 2 is 2.30 bits per heavy atom. The fourth-order valence-corrected chi connectivity index (χ4v) is 2.38. The summed E-state index contributed by atoms with van der Waals surface area (Å²) >= 11 is 0. The molecule has 1 aliphatic rings. The number of carboxylic acids is 1. The molecule has 0 aliphatic carbocycles. The van der Waals surface area contributed by atoms with Crippen molar-refractivity contribution in [3.8, 4) is 17.1 Å². The SMILES string of the molecule is Cc1c(-c2nn3c(c2C(=O)O)O[C@H](C)CC3)cnn1C. The summed E-state index contributed by atoms with van der Waals surface area (Å²) in [5.41, 5.74) is 2.14. The lowest BCUT2D eigenvalue weighted by atomic mass is 10.1. The first-order valence-corrected chi connectivity index (χ1v) is 6.48. The van der Waals surface area contributed by atoms with Crippen molar-refractivity contribution in [2.24, 2.45) is 7.05 Å². The predicted octanol–water partition coefficient (Wildman–Crippen LogP) is 1.46. The number of carbonyl (C=O) groups is 1. The Balaban J connectivity index is 2.21. The lowest BCUT2D eigenvalue weighted by Gasteiger charge is -2.21. The van der Waals surface area contributed by atoms with Gasteiger partial charge in [0, 0.05) is 31.3 Å². The summed E-state index contributed by atoms with van der Waals surface area (Å²) < 4.78 is 8.99. The highest BCUT2D eigenvalue weighted by atomic mass is 16.5. The van der Waals surface area contributed by atoms with E-state index in [0.717, 1.165) is 17.7 Å². The van der Waals surface area contributed by atoms with Crippen LogP contribution in [0.2, 0.25) is 0 Å². The molecule has 0 aromatic carbocycles. The summed E-state index contributed by atoms with van der Waals surface area (Å²) in [5, 5.41) is 18.1. The summed E-state index contributed by atoms with van der Waals surface area (Å²) in [5.74, 6) is -0.687. The van der Waals surface area contributed by atoms with Gasteiger partial charge >= 0.3 is 5.97 Å². The number of rotatable bonds is 2. The zero-order valence-corrected chi connectivity index (χ0v) is 11.6. The van der Waals surface area contributed by atoms with Crippen LogP contribution in [-0.4, -0.2) is 36.7 Å². The van der Waals surface area contributed by atoms with Crippen LogP contribution in [0.15, 0.2) is 6.20 Å². The van der Waals surface area contributed by atoms with Crippen molar-refractivity contribution >= 4 is 5.97 Å². The first kappa shape index (κ1) is 12.7. The third kappa shape index (κ3) is 1.77. The van der Waals surface area contributed by atoms with Crippen LogP contribution < -0.4 is 4.74 Å². The van der Waals surface area contributed by atoms with Crippen molar-refractivity contribution in [1.82, 2.24) is 19.6 Å². The minimum atomic E-state index is -1.03. The Labute approximate surface area is 115 Å². The Hall–Kier alpha value is -2.31. The van der Waals surface area contributed by atoms with Gasteiger partial charge in [-0.15, -0.1) is 0 Å². The van der Waals surface area contributed by atoms with Gasteiger partial charge in [-0.3, -0.25) is 4.68 Å². The van der Waals surface area contributed by atoms with E-state index in [-0.39, 0.29) is 11.7 Å². The van der Waals surface area contributed by atoms with Crippen LogP contribution in [0.5, 0.6) is 5.88 Å². The number of aryl methyl sites for hydroxylation is 2. The molecule has 20 heavy (non-hydrogen) atoms. The van der Waals surface area contributed by atoms with E-state index in [2.05, 4.69) is 10.2 Å². The molecule has 7 nitrogen and oxygen atoms in total. The number of ether oxygens (including phenoxy) is 1. The number of hydrogen-bond donors (Lipinski definition) is 1. The molecule has 1 N–H and O–H groups in total. The highest BCUT2D eigenvalue weighted by Crippen LogP contribution is 2.34. The van der Waals surface area contributed by atoms with Gasteiger partial charge < -0.3 is 9.84 Å². The van der Waals surface area contributed by atoms with Crippen LogP contribution >= 0.6 is 0 Å². The van der Waals surface area contributed by atoms with Gasteiger partial charge in [-0.1, -0.05) is 0 Å². The van der Waals surface area contributed by atoms with E-state index in [0.29, 0.717) is 18.1 Å². The normalized spacial score (nSPS) is 17.6. The van der Waals surface area contributed by atoms with E-state index in [4.69, 9.17) is 4.74 Å². The molecular weight excluding hydrogens is 260 g/mol. The number of nitrogens with zero attached hydrogens (tertiary/aromatic N) is 4. The minimum Gasteiger partial charge on any atom is -0.477 e. The molecule has 3 rings (SSSR count). The second-order valence-electron chi connectivity index (χ2n) is 5.04. The van der Waals surface area contributed by atoms with Gasteiger partial charge in [-0.05, 0) is 13.8 Å². The Morgan fingerprint density at radius 3 is 2.90 bits per heavy atom. The second-order valence-corrected chi connectivity index (χ2v) is 5.04. The molecule has 0 bridgehead atoms. The second kappa shape index (κ2) is 4.36. The van der Waals surface area contributed by atoms with Crippen LogP contribution in [0.4, 0.5) is 0 Å². The Kier molecular flexibility index (Phi) is 2.77. The van der Waals surface area contributed by atoms with Crippen molar-refractivity contribution < 1.29 is 14.6 Å². The van der Waals surface area contributed by atoms with E-state index < -0.39 is 5.97 Å². The molecule has 2 aromatic rings. The van der Waals surface area contributed by atoms with Gasteiger partial charge in [-0.25, -0.2) is 9.48 Å². The van der Waals surface area contributed by atoms with Crippen molar-refractivity contribution in [1.29, 1.82) is 0 Å². The molecular formula is C13H16N4O3. The van der Waals surface area contributed by atoms with Gasteiger partial charge in [0.05, 0.1) is 12.3 Å². The molecule has 0 saturated carbocycles. The molecule has 1 atom stereocenters. The highest BCUT2D eigenvalue weighted by Gasteiger charge is 2.31. The van der Waals surface area contributed by atoms with Crippen molar-refractivity contribution in [2.75, 3.05) is 0 Å². The van der Waals surface area contributed by atoms with E-state index in [1.54, 1.807) is 15.6 Å². The van der Waals surface area contributed by atoms with Crippen LogP contribution in [0, 0.1) is 6.92 Å². The molecule has 7 heteroatoms. The number of fused-ring (bicyclic) bond motifs is 1. The average Bonchev–Trinajstić information content (AvgIpc) is 2.91. The van der Waals surface area contributed by atoms with Gasteiger partial charge in [0.2, 0.25) is 5.88 Å². The standard InChI is InChI=1S/C13H16N4O3/c1-7-4-5-17-12(20-7)10(13(18)19)11(15-17)9-6-14-16(3)8(9)2/h6-7H,4-5H2,1-3H3,(H,18,19)/t7-/m1/s1. The monoisotopic (exact) mass is 276 g/mol. The third-order valence-corrected chi connectivity index (χ3v) is 3.67. The Bertz CT molecular complexity index is 686. The van der Waals surface area contributed by atoms with Crippen molar-refractivity contribution in [3.63, 3.8) is 0 Å². The third-order valence-electron chi connectivity index (χ3n) is 3.67. The molecule has 106 valence electrons. The number of carboxylic acid groups (broad SMARTS) is 1. The quantitative estimate of drug-likeness (QED) is 0.898. The zero-order chi connectivity index (χ0) is 14.4. The summed E-state index contributed by atoms with van der Waals surface area (Å²) in [6.45, 7) is 4.48. The van der Waals surface area contributed by atoms with Gasteiger partial charge in [0.25, 0.3) is 0 Å². The van der Waals surface area contributed by atoms with Gasteiger partial charge in [-0.2, -0.15) is 10.2 Å². The molecule has 0 spiro atoms. The van der Waals surface area contributed by atoms with Gasteiger partial charge in [0.1, 0.15) is 11.3 Å². The van der Waals surface area contributed by atoms with Crippen LogP contribution in [0.3, 0.4) is 0 Å². The summed E-state index contributed by atoms with van der Waals surface area (Å²) in [7, 11) is 1.81. The molecule has 0 amide bonds. The maximum atomic E-state index is 11.6. The average molecular weight is 276 g/mol. The molecule has 1 aliphatic heterocycles. The lowest BCUT2D eigenvalue weighted by molar-refractivity contribution is 0.0684. The van der Waals surface area contributed by atoms with Crippen molar-refractivity contribution in [3.05, 3.63) is 17.5 Å². The Morgan fingerprint density at radius 1 is 1.55 bits per heavy atom. The van der Waals surface area contributed by atoms with Crippen LogP contribution in [0.1, 0.15) is 29.4 Å². The first-order chi connectivity index (χ1) is 9.49. The van der Waals surface area contributed by atoms with Crippen LogP contribution in [-0.2, 0) is 13.6 Å². The smallest absolute Gasteiger partial charge is 0.343 e. The summed E-state index contributed by atoms with van der Waals surface area (Å²) in [4.78, 5) is 11.6. The molecule has 0 saturated heterocycles. The highest BCUT2D eigenvalue weighted by molar-refractivity contribution is 5.97.